The number of aromatic amines is 1. The van der Waals surface area contributed by atoms with Crippen LogP contribution in [0.1, 0.15) is 23.2 Å². The zero-order chi connectivity index (χ0) is 31.3. The highest BCUT2D eigenvalue weighted by molar-refractivity contribution is 5.95. The van der Waals surface area contributed by atoms with Crippen LogP contribution in [0.3, 0.4) is 0 Å². The van der Waals surface area contributed by atoms with Gasteiger partial charge >= 0.3 is 0 Å². The number of aromatic nitrogens is 6. The summed E-state index contributed by atoms with van der Waals surface area (Å²) in [5, 5.41) is 10.1. The van der Waals surface area contributed by atoms with E-state index >= 15 is 4.39 Å². The molecule has 232 valence electrons. The lowest BCUT2D eigenvalue weighted by Gasteiger charge is -2.54. The van der Waals surface area contributed by atoms with Gasteiger partial charge in [-0.2, -0.15) is 5.10 Å². The van der Waals surface area contributed by atoms with E-state index in [4.69, 9.17) is 5.10 Å². The molecular formula is C35H34FN9O. The molecule has 0 saturated carbocycles. The number of pyridine rings is 1. The van der Waals surface area contributed by atoms with Crippen molar-refractivity contribution in [1.29, 1.82) is 0 Å². The van der Waals surface area contributed by atoms with Crippen LogP contribution in [-0.4, -0.2) is 91.2 Å². The van der Waals surface area contributed by atoms with Crippen molar-refractivity contribution in [1.82, 2.24) is 44.8 Å². The molecule has 2 aliphatic rings. The molecule has 6 aromatic rings. The van der Waals surface area contributed by atoms with E-state index in [2.05, 4.69) is 41.0 Å². The maximum Gasteiger partial charge on any atom is 0.253 e. The van der Waals surface area contributed by atoms with Gasteiger partial charge in [0.05, 0.1) is 17.4 Å². The highest BCUT2D eigenvalue weighted by atomic mass is 19.1. The van der Waals surface area contributed by atoms with Crippen molar-refractivity contribution in [3.63, 3.8) is 0 Å². The van der Waals surface area contributed by atoms with Crippen LogP contribution in [-0.2, 0) is 5.54 Å². The lowest BCUT2D eigenvalue weighted by atomic mass is 9.86. The Labute approximate surface area is 265 Å². The Morgan fingerprint density at radius 1 is 1.04 bits per heavy atom. The van der Waals surface area contributed by atoms with Gasteiger partial charge < -0.3 is 15.2 Å². The summed E-state index contributed by atoms with van der Waals surface area (Å²) in [7, 11) is 1.97. The van der Waals surface area contributed by atoms with Crippen molar-refractivity contribution in [3.8, 4) is 22.4 Å². The Bertz CT molecular complexity index is 2060. The third-order valence-electron chi connectivity index (χ3n) is 9.59. The Balaban J connectivity index is 0.911. The van der Waals surface area contributed by atoms with E-state index in [0.717, 1.165) is 71.2 Å². The number of piperidine rings is 1. The third-order valence-corrected chi connectivity index (χ3v) is 9.59. The molecule has 8 rings (SSSR count). The highest BCUT2D eigenvalue weighted by Gasteiger charge is 2.48. The number of hydrogen-bond donors (Lipinski definition) is 2. The molecule has 2 N–H and O–H groups in total. The topological polar surface area (TPSA) is 108 Å². The van der Waals surface area contributed by atoms with Crippen LogP contribution in [0.4, 0.5) is 4.39 Å². The van der Waals surface area contributed by atoms with Crippen LogP contribution in [0.2, 0.25) is 0 Å². The fourth-order valence-corrected chi connectivity index (χ4v) is 7.18. The summed E-state index contributed by atoms with van der Waals surface area (Å²) in [6, 6.07) is 16.7. The quantitative estimate of drug-likeness (QED) is 0.268. The van der Waals surface area contributed by atoms with Gasteiger partial charge in [0.2, 0.25) is 0 Å². The maximum atomic E-state index is 15.3. The number of benzene rings is 2. The second-order valence-electron chi connectivity index (χ2n) is 12.4. The van der Waals surface area contributed by atoms with Crippen molar-refractivity contribution in [2.75, 3.05) is 39.8 Å². The van der Waals surface area contributed by atoms with E-state index in [1.54, 1.807) is 24.7 Å². The van der Waals surface area contributed by atoms with Crippen LogP contribution in [0.5, 0.6) is 0 Å². The van der Waals surface area contributed by atoms with E-state index in [0.29, 0.717) is 30.3 Å². The van der Waals surface area contributed by atoms with Crippen molar-refractivity contribution in [3.05, 3.63) is 97.1 Å². The molecule has 0 bridgehead atoms. The molecule has 1 amide bonds. The van der Waals surface area contributed by atoms with Crippen molar-refractivity contribution in [2.24, 2.45) is 0 Å². The van der Waals surface area contributed by atoms with E-state index in [1.165, 1.54) is 6.07 Å². The maximum absolute atomic E-state index is 15.3. The van der Waals surface area contributed by atoms with Crippen LogP contribution in [0.25, 0.3) is 44.3 Å². The molecular weight excluding hydrogens is 581 g/mol. The molecule has 10 nitrogen and oxygen atoms in total. The molecule has 0 atom stereocenters. The minimum absolute atomic E-state index is 0.120. The second-order valence-corrected chi connectivity index (χ2v) is 12.4. The fraction of sp³-hybridized carbons (Fsp3) is 0.286. The van der Waals surface area contributed by atoms with E-state index in [1.807, 2.05) is 60.7 Å². The summed E-state index contributed by atoms with van der Waals surface area (Å²) in [6.45, 7) is 3.82. The monoisotopic (exact) mass is 615 g/mol. The SMILES string of the molecule is CNCC1(n2cc(-c3ncnc4[nH]ccc34)cn2)CN(C2CCN(C(=O)c3ccc(-c4ccc5ncccc5c4)c(F)c3)CC2)C1. The largest absolute Gasteiger partial charge is 0.346 e. The Kier molecular flexibility index (Phi) is 7.07. The van der Waals surface area contributed by atoms with Gasteiger partial charge in [0, 0.05) is 84.8 Å². The van der Waals surface area contributed by atoms with Crippen molar-refractivity contribution >= 4 is 27.8 Å². The number of nitrogens with one attached hydrogen (secondary N) is 2. The summed E-state index contributed by atoms with van der Waals surface area (Å²) >= 11 is 0. The lowest BCUT2D eigenvalue weighted by Crippen LogP contribution is -2.69. The molecule has 2 fully saturated rings. The number of halogens is 1. The molecule has 2 saturated heterocycles. The van der Waals surface area contributed by atoms with E-state index in [-0.39, 0.29) is 11.4 Å². The Morgan fingerprint density at radius 2 is 1.91 bits per heavy atom. The number of H-pyrrole nitrogens is 1. The average Bonchev–Trinajstić information content (AvgIpc) is 3.77. The number of amides is 1. The standard InChI is InChI=1S/C35H34FN9O/c1-37-19-35(45-18-26(17-42-45)32-29-8-12-39-33(29)41-22-40-32)20-44(21-35)27-9-13-43(14-10-27)34(46)25-4-6-28(30(36)16-25)23-5-7-31-24(15-23)3-2-11-38-31/h2-8,11-12,15-18,22,27,37H,9-10,13-14,19-21H2,1H3,(H,39,40,41). The fourth-order valence-electron chi connectivity index (χ4n) is 7.18. The van der Waals surface area contributed by atoms with Gasteiger partial charge in [-0.3, -0.25) is 19.4 Å². The summed E-state index contributed by atoms with van der Waals surface area (Å²) < 4.78 is 17.4. The lowest BCUT2D eigenvalue weighted by molar-refractivity contribution is -0.0419. The number of fused-ring (bicyclic) bond motifs is 2. The smallest absolute Gasteiger partial charge is 0.253 e. The number of hydrogen-bond acceptors (Lipinski definition) is 7. The first-order chi connectivity index (χ1) is 22.5. The summed E-state index contributed by atoms with van der Waals surface area (Å²) in [4.78, 5) is 34.1. The predicted octanol–water partition coefficient (Wildman–Crippen LogP) is 4.71. The average molecular weight is 616 g/mol. The molecule has 0 spiro atoms. The summed E-state index contributed by atoms with van der Waals surface area (Å²) in [6.07, 6.45) is 10.9. The number of carbonyl (C=O) groups excluding carboxylic acids is 1. The van der Waals surface area contributed by atoms with Gasteiger partial charge in [0.25, 0.3) is 5.91 Å². The normalized spacial score (nSPS) is 17.0. The van der Waals surface area contributed by atoms with Crippen LogP contribution in [0.15, 0.2) is 85.7 Å². The molecule has 0 aliphatic carbocycles. The number of carbonyl (C=O) groups is 1. The number of nitrogens with zero attached hydrogens (tertiary/aromatic N) is 7. The van der Waals surface area contributed by atoms with Crippen molar-refractivity contribution in [2.45, 2.75) is 24.4 Å². The highest BCUT2D eigenvalue weighted by Crippen LogP contribution is 2.35. The van der Waals surface area contributed by atoms with Gasteiger partial charge in [-0.05, 0) is 61.9 Å². The molecule has 4 aromatic heterocycles. The number of rotatable bonds is 7. The van der Waals surface area contributed by atoms with Crippen molar-refractivity contribution < 1.29 is 9.18 Å². The summed E-state index contributed by atoms with van der Waals surface area (Å²) in [5.41, 5.74) is 4.96. The Hall–Kier alpha value is -5.00. The zero-order valence-corrected chi connectivity index (χ0v) is 25.5. The number of likely N-dealkylation sites (N-methyl/N-ethyl adjacent to an activating group) is 1. The molecule has 6 heterocycles. The molecule has 46 heavy (non-hydrogen) atoms. The number of likely N-dealkylation sites (tertiary alicyclic amines) is 2. The zero-order valence-electron chi connectivity index (χ0n) is 25.5. The van der Waals surface area contributed by atoms with Crippen LogP contribution < -0.4 is 5.32 Å². The predicted molar refractivity (Wildman–Crippen MR) is 175 cm³/mol. The van der Waals surface area contributed by atoms with Crippen LogP contribution >= 0.6 is 0 Å². The molecule has 11 heteroatoms. The van der Waals surface area contributed by atoms with Gasteiger partial charge in [-0.1, -0.05) is 18.2 Å². The third kappa shape index (κ3) is 4.92. The first-order valence-corrected chi connectivity index (χ1v) is 15.7. The van der Waals surface area contributed by atoms with Gasteiger partial charge in [-0.15, -0.1) is 0 Å². The van der Waals surface area contributed by atoms with Gasteiger partial charge in [-0.25, -0.2) is 14.4 Å². The minimum atomic E-state index is -0.399. The van der Waals surface area contributed by atoms with E-state index in [9.17, 15) is 4.79 Å². The first-order valence-electron chi connectivity index (χ1n) is 15.7. The summed E-state index contributed by atoms with van der Waals surface area (Å²) in [5.74, 6) is -0.519. The van der Waals surface area contributed by atoms with Crippen LogP contribution in [0, 0.1) is 5.82 Å². The van der Waals surface area contributed by atoms with E-state index < -0.39 is 5.82 Å². The first kappa shape index (κ1) is 28.5. The Morgan fingerprint density at radius 3 is 2.74 bits per heavy atom. The molecule has 2 aromatic carbocycles. The van der Waals surface area contributed by atoms with Gasteiger partial charge in [0.15, 0.2) is 0 Å². The molecule has 0 unspecified atom stereocenters. The second kappa shape index (κ2) is 11.4. The van der Waals surface area contributed by atoms with Gasteiger partial charge in [0.1, 0.15) is 23.3 Å². The molecule has 0 radical (unpaired) electrons. The minimum Gasteiger partial charge on any atom is -0.346 e. The molecule has 2 aliphatic heterocycles.